The molecule has 1 aromatic rings. The van der Waals surface area contributed by atoms with Crippen LogP contribution < -0.4 is 9.57 Å². The Labute approximate surface area is 81.9 Å². The van der Waals surface area contributed by atoms with Crippen molar-refractivity contribution in [2.45, 2.75) is 6.92 Å². The highest BCUT2D eigenvalue weighted by molar-refractivity contribution is 6.29. The molecule has 0 aromatic carbocycles. The van der Waals surface area contributed by atoms with E-state index in [-0.39, 0.29) is 11.7 Å². The van der Waals surface area contributed by atoms with Gasteiger partial charge >= 0.3 is 5.69 Å². The summed E-state index contributed by atoms with van der Waals surface area (Å²) in [6.45, 7) is 2.37. The largest absolute Gasteiger partial charge is 0.301 e. The first-order chi connectivity index (χ1) is 6.29. The third kappa shape index (κ3) is 2.42. The number of carbonyl (C=O) groups is 1. The monoisotopic (exact) mass is 200 g/mol. The van der Waals surface area contributed by atoms with Crippen molar-refractivity contribution in [3.63, 3.8) is 0 Å². The highest BCUT2D eigenvalue weighted by Crippen LogP contribution is 1.94. The molecule has 0 aliphatic carbocycles. The summed E-state index contributed by atoms with van der Waals surface area (Å²) in [6.07, 6.45) is 1.68. The topological polar surface area (TPSA) is 30.2 Å². The van der Waals surface area contributed by atoms with Crippen molar-refractivity contribution in [2.75, 3.05) is 12.5 Å². The van der Waals surface area contributed by atoms with E-state index in [4.69, 9.17) is 16.4 Å². The lowest BCUT2D eigenvalue weighted by atomic mass is 10.3. The van der Waals surface area contributed by atoms with Crippen LogP contribution in [0.3, 0.4) is 0 Å². The molecule has 13 heavy (non-hydrogen) atoms. The quantitative estimate of drug-likeness (QED) is 0.410. The standard InChI is InChI=1S/C9H11ClNO2/c1-2-13-11-6-4-3-5-8(11)9(12)7-10/h3-6H,2,7H2,1H3/q+1. The molecule has 0 amide bonds. The first-order valence-electron chi connectivity index (χ1n) is 4.02. The number of rotatable bonds is 4. The van der Waals surface area contributed by atoms with Crippen molar-refractivity contribution in [1.29, 1.82) is 0 Å². The SMILES string of the molecule is CCO[n+]1ccccc1C(=O)CCl. The van der Waals surface area contributed by atoms with E-state index < -0.39 is 0 Å². The van der Waals surface area contributed by atoms with Crippen LogP contribution in [0.1, 0.15) is 17.4 Å². The Morgan fingerprint density at radius 2 is 2.38 bits per heavy atom. The average molecular weight is 201 g/mol. The van der Waals surface area contributed by atoms with Gasteiger partial charge in [0.1, 0.15) is 0 Å². The van der Waals surface area contributed by atoms with Crippen LogP contribution in [-0.4, -0.2) is 18.3 Å². The number of pyridine rings is 1. The van der Waals surface area contributed by atoms with Gasteiger partial charge in [-0.2, -0.15) is 0 Å². The molecule has 0 aliphatic heterocycles. The summed E-state index contributed by atoms with van der Waals surface area (Å²) < 4.78 is 1.44. The fourth-order valence-corrected chi connectivity index (χ4v) is 1.10. The van der Waals surface area contributed by atoms with E-state index in [1.165, 1.54) is 4.73 Å². The second-order valence-electron chi connectivity index (χ2n) is 2.39. The van der Waals surface area contributed by atoms with E-state index in [1.807, 2.05) is 6.92 Å². The van der Waals surface area contributed by atoms with Crippen LogP contribution in [0.5, 0.6) is 0 Å². The molecule has 1 rings (SSSR count). The summed E-state index contributed by atoms with van der Waals surface area (Å²) in [7, 11) is 0. The maximum absolute atomic E-state index is 11.3. The second-order valence-corrected chi connectivity index (χ2v) is 2.65. The summed E-state index contributed by atoms with van der Waals surface area (Å²) in [5, 5.41) is 0. The third-order valence-corrected chi connectivity index (χ3v) is 1.74. The van der Waals surface area contributed by atoms with Gasteiger partial charge in [0, 0.05) is 16.9 Å². The molecule has 1 heterocycles. The Morgan fingerprint density at radius 1 is 1.62 bits per heavy atom. The predicted octanol–water partition coefficient (Wildman–Crippen LogP) is 0.844. The first kappa shape index (κ1) is 9.99. The maximum atomic E-state index is 11.3. The highest BCUT2D eigenvalue weighted by atomic mass is 35.5. The Bertz CT molecular complexity index is 301. The van der Waals surface area contributed by atoms with E-state index in [2.05, 4.69) is 0 Å². The zero-order valence-electron chi connectivity index (χ0n) is 7.37. The lowest BCUT2D eigenvalue weighted by Crippen LogP contribution is -2.47. The number of hydrogen-bond acceptors (Lipinski definition) is 2. The van der Waals surface area contributed by atoms with Gasteiger partial charge in [0.25, 0.3) is 0 Å². The van der Waals surface area contributed by atoms with Crippen LogP contribution in [0.25, 0.3) is 0 Å². The Kier molecular flexibility index (Phi) is 3.71. The van der Waals surface area contributed by atoms with E-state index in [9.17, 15) is 4.79 Å². The number of carbonyl (C=O) groups excluding carboxylic acids is 1. The van der Waals surface area contributed by atoms with Crippen LogP contribution in [0, 0.1) is 0 Å². The van der Waals surface area contributed by atoms with Gasteiger partial charge < -0.3 is 0 Å². The molecule has 0 N–H and O–H groups in total. The number of nitrogens with zero attached hydrogens (tertiary/aromatic N) is 1. The maximum Gasteiger partial charge on any atom is 0.301 e. The van der Waals surface area contributed by atoms with Crippen molar-refractivity contribution in [3.05, 3.63) is 30.1 Å². The molecule has 0 saturated carbocycles. The highest BCUT2D eigenvalue weighted by Gasteiger charge is 2.18. The van der Waals surface area contributed by atoms with Gasteiger partial charge in [0.2, 0.25) is 12.0 Å². The van der Waals surface area contributed by atoms with Gasteiger partial charge in [-0.25, -0.2) is 0 Å². The fourth-order valence-electron chi connectivity index (χ4n) is 0.964. The Hall–Kier alpha value is -1.09. The molecule has 0 unspecified atom stereocenters. The Morgan fingerprint density at radius 3 is 3.00 bits per heavy atom. The van der Waals surface area contributed by atoms with Crippen LogP contribution in [0.4, 0.5) is 0 Å². The number of hydrogen-bond donors (Lipinski definition) is 0. The van der Waals surface area contributed by atoms with Crippen molar-refractivity contribution >= 4 is 17.4 Å². The number of halogens is 1. The summed E-state index contributed by atoms with van der Waals surface area (Å²) in [5.41, 5.74) is 0.472. The normalized spacial score (nSPS) is 9.69. The molecule has 1 aromatic heterocycles. The van der Waals surface area contributed by atoms with Gasteiger partial charge in [-0.05, 0) is 13.0 Å². The summed E-state index contributed by atoms with van der Waals surface area (Å²) >= 11 is 5.44. The minimum atomic E-state index is -0.143. The molecule has 0 saturated heterocycles. The van der Waals surface area contributed by atoms with Crippen molar-refractivity contribution < 1.29 is 14.4 Å². The summed E-state index contributed by atoms with van der Waals surface area (Å²) in [6, 6.07) is 5.25. The van der Waals surface area contributed by atoms with Gasteiger partial charge in [0.05, 0.1) is 5.88 Å². The number of aromatic nitrogens is 1. The lowest BCUT2D eigenvalue weighted by molar-refractivity contribution is -0.891. The minimum Gasteiger partial charge on any atom is -0.286 e. The van der Waals surface area contributed by atoms with Crippen LogP contribution in [0.15, 0.2) is 24.4 Å². The van der Waals surface area contributed by atoms with E-state index in [0.29, 0.717) is 12.3 Å². The molecule has 4 heteroatoms. The first-order valence-corrected chi connectivity index (χ1v) is 4.56. The molecule has 70 valence electrons. The zero-order valence-corrected chi connectivity index (χ0v) is 8.12. The van der Waals surface area contributed by atoms with Crippen LogP contribution in [-0.2, 0) is 0 Å². The third-order valence-electron chi connectivity index (χ3n) is 1.50. The zero-order chi connectivity index (χ0) is 9.68. The molecule has 0 aliphatic rings. The van der Waals surface area contributed by atoms with Crippen LogP contribution in [0.2, 0.25) is 0 Å². The lowest BCUT2D eigenvalue weighted by Gasteiger charge is -1.97. The van der Waals surface area contributed by atoms with Gasteiger partial charge in [-0.1, -0.05) is 0 Å². The fraction of sp³-hybridized carbons (Fsp3) is 0.333. The molecule has 0 bridgehead atoms. The minimum absolute atomic E-state index is 0.0307. The van der Waals surface area contributed by atoms with Gasteiger partial charge in [0.15, 0.2) is 6.61 Å². The molecule has 0 spiro atoms. The number of Topliss-reactive ketones (excluding diaryl/α,β-unsaturated/α-hetero) is 1. The average Bonchev–Trinajstić information content (AvgIpc) is 2.18. The van der Waals surface area contributed by atoms with Crippen LogP contribution >= 0.6 is 11.6 Å². The predicted molar refractivity (Wildman–Crippen MR) is 48.8 cm³/mol. The molecule has 0 atom stereocenters. The summed E-state index contributed by atoms with van der Waals surface area (Å²) in [4.78, 5) is 16.5. The van der Waals surface area contributed by atoms with Crippen molar-refractivity contribution in [1.82, 2.24) is 0 Å². The second kappa shape index (κ2) is 4.82. The van der Waals surface area contributed by atoms with E-state index in [1.54, 1.807) is 24.4 Å². The van der Waals surface area contributed by atoms with Gasteiger partial charge in [-0.3, -0.25) is 9.63 Å². The van der Waals surface area contributed by atoms with Gasteiger partial charge in [-0.15, -0.1) is 11.6 Å². The molecule has 0 fully saturated rings. The molecular weight excluding hydrogens is 190 g/mol. The van der Waals surface area contributed by atoms with E-state index >= 15 is 0 Å². The van der Waals surface area contributed by atoms with Crippen molar-refractivity contribution in [2.24, 2.45) is 0 Å². The molecular formula is C9H11ClNO2+. The van der Waals surface area contributed by atoms with Crippen molar-refractivity contribution in [3.8, 4) is 0 Å². The Balaban J connectivity index is 2.97. The number of alkyl halides is 1. The van der Waals surface area contributed by atoms with E-state index in [0.717, 1.165) is 0 Å². The number of ketones is 1. The summed E-state index contributed by atoms with van der Waals surface area (Å²) in [5.74, 6) is -0.174. The molecule has 0 radical (unpaired) electrons. The molecule has 3 nitrogen and oxygen atoms in total. The smallest absolute Gasteiger partial charge is 0.286 e.